The van der Waals surface area contributed by atoms with Crippen LogP contribution in [-0.2, 0) is 9.59 Å². The van der Waals surface area contributed by atoms with Crippen LogP contribution in [0.5, 0.6) is 0 Å². The van der Waals surface area contributed by atoms with Crippen molar-refractivity contribution in [2.24, 2.45) is 0 Å². The number of amides is 2. The van der Waals surface area contributed by atoms with Gasteiger partial charge in [-0.15, -0.1) is 5.73 Å². The summed E-state index contributed by atoms with van der Waals surface area (Å²) in [5.41, 5.74) is 2.53. The topological polar surface area (TPSA) is 58.2 Å². The molecule has 0 radical (unpaired) electrons. The summed E-state index contributed by atoms with van der Waals surface area (Å²) in [5, 5.41) is 5.06. The number of carbonyl (C=O) groups excluding carboxylic acids is 2. The van der Waals surface area contributed by atoms with Gasteiger partial charge in [0.2, 0.25) is 11.8 Å². The summed E-state index contributed by atoms with van der Waals surface area (Å²) in [6.45, 7) is 5.51. The van der Waals surface area contributed by atoms with E-state index in [4.69, 9.17) is 0 Å². The molecule has 2 amide bonds. The molecule has 0 bridgehead atoms. The van der Waals surface area contributed by atoms with Gasteiger partial charge in [0, 0.05) is 6.54 Å². The second kappa shape index (κ2) is 7.58. The lowest BCUT2D eigenvalue weighted by molar-refractivity contribution is -0.125. The lowest BCUT2D eigenvalue weighted by Gasteiger charge is -2.05. The lowest BCUT2D eigenvalue weighted by atomic mass is 10.4. The Labute approximate surface area is 97.0 Å². The molecule has 0 aliphatic heterocycles. The van der Waals surface area contributed by atoms with Gasteiger partial charge in [-0.2, -0.15) is 0 Å². The molecule has 0 spiro atoms. The number of hydrogen-bond acceptors (Lipinski definition) is 2. The number of alkyl halides is 1. The summed E-state index contributed by atoms with van der Waals surface area (Å²) in [4.78, 5) is 22.1. The third-order valence-corrected chi connectivity index (χ3v) is 1.90. The highest BCUT2D eigenvalue weighted by atomic mass is 127. The Morgan fingerprint density at radius 3 is 2.71 bits per heavy atom. The van der Waals surface area contributed by atoms with Crippen molar-refractivity contribution in [2.45, 2.75) is 10.8 Å². The molecule has 4 nitrogen and oxygen atoms in total. The molecule has 0 heterocycles. The zero-order valence-electron chi connectivity index (χ0n) is 7.97. The van der Waals surface area contributed by atoms with E-state index in [-0.39, 0.29) is 22.3 Å². The smallest absolute Gasteiger partial charge is 0.239 e. The van der Waals surface area contributed by atoms with Gasteiger partial charge in [-0.05, 0) is 13.0 Å². The van der Waals surface area contributed by atoms with Crippen LogP contribution >= 0.6 is 22.6 Å². The van der Waals surface area contributed by atoms with Crippen LogP contribution in [-0.4, -0.2) is 28.8 Å². The Balaban J connectivity index is 3.63. The highest BCUT2D eigenvalue weighted by molar-refractivity contribution is 14.1. The number of rotatable bonds is 5. The minimum absolute atomic E-state index is 0.0111. The second-order valence-corrected chi connectivity index (χ2v) is 4.41. The summed E-state index contributed by atoms with van der Waals surface area (Å²) in [6, 6.07) is 0. The molecule has 0 rings (SSSR count). The minimum atomic E-state index is -0.220. The van der Waals surface area contributed by atoms with Gasteiger partial charge in [-0.1, -0.05) is 29.2 Å². The molecule has 14 heavy (non-hydrogen) atoms. The van der Waals surface area contributed by atoms with Crippen molar-refractivity contribution in [1.82, 2.24) is 10.6 Å². The van der Waals surface area contributed by atoms with E-state index < -0.39 is 0 Å². The molecular formula is C9H13IN2O2. The summed E-state index contributed by atoms with van der Waals surface area (Å²) in [7, 11) is 0. The summed E-state index contributed by atoms with van der Waals surface area (Å²) in [5.74, 6) is -0.359. The number of nitrogens with one attached hydrogen (secondary N) is 2. The van der Waals surface area contributed by atoms with E-state index >= 15 is 0 Å². The number of carbonyl (C=O) groups is 2. The molecule has 2 N–H and O–H groups in total. The van der Waals surface area contributed by atoms with E-state index in [1.807, 2.05) is 22.6 Å². The molecule has 0 saturated carbocycles. The van der Waals surface area contributed by atoms with Crippen molar-refractivity contribution < 1.29 is 9.59 Å². The molecule has 0 unspecified atom stereocenters. The van der Waals surface area contributed by atoms with Crippen molar-refractivity contribution >= 4 is 34.4 Å². The predicted octanol–water partition coefficient (Wildman–Crippen LogP) is 0.383. The van der Waals surface area contributed by atoms with Crippen LogP contribution in [0, 0.1) is 0 Å². The molecular weight excluding hydrogens is 295 g/mol. The fourth-order valence-corrected chi connectivity index (χ4v) is 0.828. The normalized spacial score (nSPS) is 11.0. The summed E-state index contributed by atoms with van der Waals surface area (Å²) in [6.07, 6.45) is 1.60. The van der Waals surface area contributed by atoms with Crippen molar-refractivity contribution in [2.75, 3.05) is 13.1 Å². The maximum atomic E-state index is 11.0. The van der Waals surface area contributed by atoms with Crippen LogP contribution in [0.3, 0.4) is 0 Å². The first-order chi connectivity index (χ1) is 6.57. The van der Waals surface area contributed by atoms with Gasteiger partial charge in [-0.3, -0.25) is 9.59 Å². The SMILES string of the molecule is C=C=CCNC(=O)CNC(=O)[C@@H](C)I. The lowest BCUT2D eigenvalue weighted by Crippen LogP contribution is -2.39. The van der Waals surface area contributed by atoms with Gasteiger partial charge in [0.1, 0.15) is 0 Å². The zero-order valence-corrected chi connectivity index (χ0v) is 10.1. The van der Waals surface area contributed by atoms with E-state index in [0.29, 0.717) is 6.54 Å². The molecule has 0 aromatic carbocycles. The van der Waals surface area contributed by atoms with E-state index in [1.54, 1.807) is 13.0 Å². The second-order valence-electron chi connectivity index (χ2n) is 2.55. The van der Waals surface area contributed by atoms with Crippen LogP contribution in [0.1, 0.15) is 6.92 Å². The van der Waals surface area contributed by atoms with Gasteiger partial charge in [0.25, 0.3) is 0 Å². The third-order valence-electron chi connectivity index (χ3n) is 1.33. The summed E-state index contributed by atoms with van der Waals surface area (Å²) < 4.78 is -0.131. The van der Waals surface area contributed by atoms with Crippen molar-refractivity contribution in [3.8, 4) is 0 Å². The molecule has 0 aromatic rings. The fourth-order valence-electron chi connectivity index (χ4n) is 0.608. The Morgan fingerprint density at radius 1 is 1.57 bits per heavy atom. The van der Waals surface area contributed by atoms with Crippen molar-refractivity contribution in [1.29, 1.82) is 0 Å². The molecule has 78 valence electrons. The Hall–Kier alpha value is -0.810. The van der Waals surface area contributed by atoms with E-state index in [2.05, 4.69) is 22.9 Å². The first-order valence-electron chi connectivity index (χ1n) is 4.10. The maximum Gasteiger partial charge on any atom is 0.239 e. The van der Waals surface area contributed by atoms with Gasteiger partial charge >= 0.3 is 0 Å². The predicted molar refractivity (Wildman–Crippen MR) is 63.2 cm³/mol. The van der Waals surface area contributed by atoms with E-state index in [0.717, 1.165) is 0 Å². The molecule has 0 aliphatic rings. The Bertz CT molecular complexity index is 258. The minimum Gasteiger partial charge on any atom is -0.350 e. The first kappa shape index (κ1) is 13.2. The van der Waals surface area contributed by atoms with Gasteiger partial charge in [0.15, 0.2) is 0 Å². The quantitative estimate of drug-likeness (QED) is 0.438. The molecule has 0 fully saturated rings. The van der Waals surface area contributed by atoms with Crippen molar-refractivity contribution in [3.05, 3.63) is 18.4 Å². The molecule has 5 heteroatoms. The average molecular weight is 308 g/mol. The van der Waals surface area contributed by atoms with Gasteiger partial charge < -0.3 is 10.6 Å². The highest BCUT2D eigenvalue weighted by Crippen LogP contribution is 1.96. The van der Waals surface area contributed by atoms with Crippen LogP contribution in [0.15, 0.2) is 18.4 Å². The maximum absolute atomic E-state index is 11.0. The van der Waals surface area contributed by atoms with Crippen LogP contribution < -0.4 is 10.6 Å². The molecule has 0 aromatic heterocycles. The summed E-state index contributed by atoms with van der Waals surface area (Å²) >= 11 is 1.98. The number of hydrogen-bond donors (Lipinski definition) is 2. The zero-order chi connectivity index (χ0) is 11.0. The average Bonchev–Trinajstić information content (AvgIpc) is 2.14. The van der Waals surface area contributed by atoms with Gasteiger partial charge in [-0.25, -0.2) is 0 Å². The number of halogens is 1. The Kier molecular flexibility index (Phi) is 7.14. The highest BCUT2D eigenvalue weighted by Gasteiger charge is 2.08. The molecule has 0 aliphatic carbocycles. The molecule has 1 atom stereocenters. The monoisotopic (exact) mass is 308 g/mol. The first-order valence-corrected chi connectivity index (χ1v) is 5.35. The molecule has 0 saturated heterocycles. The van der Waals surface area contributed by atoms with Crippen LogP contribution in [0.4, 0.5) is 0 Å². The Morgan fingerprint density at radius 2 is 2.21 bits per heavy atom. The van der Waals surface area contributed by atoms with Crippen LogP contribution in [0.2, 0.25) is 0 Å². The van der Waals surface area contributed by atoms with Crippen molar-refractivity contribution in [3.63, 3.8) is 0 Å². The van der Waals surface area contributed by atoms with Gasteiger partial charge in [0.05, 0.1) is 10.5 Å². The third kappa shape index (κ3) is 6.68. The van der Waals surface area contributed by atoms with E-state index in [9.17, 15) is 9.59 Å². The fraction of sp³-hybridized carbons (Fsp3) is 0.444. The largest absolute Gasteiger partial charge is 0.350 e. The van der Waals surface area contributed by atoms with Crippen LogP contribution in [0.25, 0.3) is 0 Å². The standard InChI is InChI=1S/C9H13IN2O2/c1-3-4-5-11-8(13)6-12-9(14)7(2)10/h4,7H,1,5-6H2,2H3,(H,11,13)(H,12,14)/t7-/m1/s1. The van der Waals surface area contributed by atoms with E-state index in [1.165, 1.54) is 0 Å².